The molecule has 0 unspecified atom stereocenters. The number of aromatic nitrogens is 1. The molecule has 2 aliphatic rings. The zero-order chi connectivity index (χ0) is 32.4. The molecule has 2 fully saturated rings. The van der Waals surface area contributed by atoms with Crippen molar-refractivity contribution in [3.63, 3.8) is 0 Å². The number of alkyl halides is 6. The van der Waals surface area contributed by atoms with Crippen LogP contribution in [0.4, 0.5) is 37.7 Å². The highest BCUT2D eigenvalue weighted by molar-refractivity contribution is 5.83. The largest absolute Gasteiger partial charge is 0.423 e. The summed E-state index contributed by atoms with van der Waals surface area (Å²) >= 11 is 0. The van der Waals surface area contributed by atoms with Gasteiger partial charge in [0.1, 0.15) is 12.2 Å². The molecule has 15 heteroatoms. The summed E-state index contributed by atoms with van der Waals surface area (Å²) < 4.78 is 85.6. The monoisotopic (exact) mass is 639 g/mol. The van der Waals surface area contributed by atoms with Crippen molar-refractivity contribution < 1.29 is 40.8 Å². The van der Waals surface area contributed by atoms with Gasteiger partial charge in [0.05, 0.1) is 27.8 Å². The number of ether oxygens (including phenoxy) is 1. The van der Waals surface area contributed by atoms with E-state index in [4.69, 9.17) is 4.74 Å². The number of carbonyl (C=O) groups is 1. The summed E-state index contributed by atoms with van der Waals surface area (Å²) in [4.78, 5) is 30.9. The number of anilines is 1. The second kappa shape index (κ2) is 13.2. The molecule has 1 amide bonds. The zero-order valence-corrected chi connectivity index (χ0v) is 24.0. The maximum Gasteiger partial charge on any atom is 0.423 e. The van der Waals surface area contributed by atoms with E-state index < -0.39 is 34.1 Å². The predicted molar refractivity (Wildman–Crippen MR) is 152 cm³/mol. The van der Waals surface area contributed by atoms with Gasteiger partial charge in [-0.15, -0.1) is 0 Å². The minimum Gasteiger partial charge on any atom is -0.382 e. The van der Waals surface area contributed by atoms with Crippen molar-refractivity contribution in [1.82, 2.24) is 14.8 Å². The molecule has 242 valence electrons. The number of benzene rings is 2. The molecule has 3 aromatic rings. The highest BCUT2D eigenvalue weighted by Crippen LogP contribution is 2.38. The Bertz CT molecular complexity index is 1530. The summed E-state index contributed by atoms with van der Waals surface area (Å²) in [5.41, 5.74) is -1.95. The lowest BCUT2D eigenvalue weighted by atomic mass is 9.92. The van der Waals surface area contributed by atoms with Crippen molar-refractivity contribution in [1.29, 1.82) is 0 Å². The van der Waals surface area contributed by atoms with Gasteiger partial charge in [-0.1, -0.05) is 12.1 Å². The first-order chi connectivity index (χ1) is 21.3. The summed E-state index contributed by atoms with van der Waals surface area (Å²) in [6.07, 6.45) is -7.11. The number of fused-ring (bicyclic) bond motifs is 1. The number of amides is 1. The smallest absolute Gasteiger partial charge is 0.382 e. The predicted octanol–water partition coefficient (Wildman–Crippen LogP) is 6.26. The summed E-state index contributed by atoms with van der Waals surface area (Å²) in [6, 6.07) is 9.70. The van der Waals surface area contributed by atoms with E-state index in [1.807, 2.05) is 0 Å². The molecule has 0 spiro atoms. The van der Waals surface area contributed by atoms with Crippen molar-refractivity contribution in [2.75, 3.05) is 38.1 Å². The van der Waals surface area contributed by atoms with Crippen LogP contribution < -0.4 is 5.32 Å². The molecule has 0 radical (unpaired) electrons. The first kappa shape index (κ1) is 32.4. The molecule has 1 aromatic heterocycles. The normalized spacial score (nSPS) is 19.9. The number of piperazine rings is 1. The fourth-order valence-corrected chi connectivity index (χ4v) is 5.82. The van der Waals surface area contributed by atoms with Crippen LogP contribution in [0.25, 0.3) is 10.9 Å². The molecule has 2 heterocycles. The molecule has 45 heavy (non-hydrogen) atoms. The second-order valence-electron chi connectivity index (χ2n) is 11.2. The van der Waals surface area contributed by atoms with Crippen molar-refractivity contribution >= 4 is 28.2 Å². The van der Waals surface area contributed by atoms with Crippen LogP contribution in [0.1, 0.15) is 42.5 Å². The third-order valence-electron chi connectivity index (χ3n) is 8.19. The van der Waals surface area contributed by atoms with Gasteiger partial charge in [0, 0.05) is 55.9 Å². The van der Waals surface area contributed by atoms with Crippen LogP contribution >= 0.6 is 0 Å². The Morgan fingerprint density at radius 3 is 2.27 bits per heavy atom. The van der Waals surface area contributed by atoms with Gasteiger partial charge in [-0.2, -0.15) is 26.3 Å². The first-order valence-corrected chi connectivity index (χ1v) is 14.5. The molecule has 9 nitrogen and oxygen atoms in total. The number of nitrogens with one attached hydrogen (secondary N) is 1. The number of hydrogen-bond donors (Lipinski definition) is 1. The molecule has 2 aromatic carbocycles. The molecule has 5 rings (SSSR count). The highest BCUT2D eigenvalue weighted by Gasteiger charge is 2.39. The van der Waals surface area contributed by atoms with Gasteiger partial charge < -0.3 is 15.0 Å². The minimum atomic E-state index is -4.85. The summed E-state index contributed by atoms with van der Waals surface area (Å²) in [5.74, 6) is -0.149. The fourth-order valence-electron chi connectivity index (χ4n) is 5.82. The van der Waals surface area contributed by atoms with Crippen molar-refractivity contribution in [3.05, 3.63) is 75.5 Å². The van der Waals surface area contributed by atoms with Gasteiger partial charge >= 0.3 is 12.4 Å². The zero-order valence-electron chi connectivity index (χ0n) is 24.0. The van der Waals surface area contributed by atoms with Gasteiger partial charge in [-0.25, -0.2) is 0 Å². The quantitative estimate of drug-likeness (QED) is 0.176. The molecular formula is C30H31F6N5O4. The minimum absolute atomic E-state index is 0.0536. The third kappa shape index (κ3) is 8.00. The van der Waals surface area contributed by atoms with Crippen molar-refractivity contribution in [2.45, 2.75) is 56.7 Å². The molecular weight excluding hydrogens is 608 g/mol. The molecule has 0 bridgehead atoms. The Hall–Kier alpha value is -3.98. The lowest BCUT2D eigenvalue weighted by Gasteiger charge is -2.35. The molecule has 1 saturated carbocycles. The van der Waals surface area contributed by atoms with Crippen molar-refractivity contribution in [3.8, 4) is 0 Å². The number of nitro benzene ring substituents is 1. The lowest BCUT2D eigenvalue weighted by Crippen LogP contribution is -2.49. The van der Waals surface area contributed by atoms with Crippen LogP contribution in [-0.4, -0.2) is 70.5 Å². The Labute approximate surface area is 254 Å². The van der Waals surface area contributed by atoms with E-state index in [9.17, 15) is 41.3 Å². The van der Waals surface area contributed by atoms with E-state index in [0.717, 1.165) is 18.2 Å². The van der Waals surface area contributed by atoms with Gasteiger partial charge in [0.2, 0.25) is 5.91 Å². The number of nitro groups is 1. The maximum atomic E-state index is 13.3. The molecule has 1 aliphatic heterocycles. The number of hydrogen-bond acceptors (Lipinski definition) is 7. The second-order valence-corrected chi connectivity index (χ2v) is 11.2. The number of rotatable bonds is 8. The van der Waals surface area contributed by atoms with Crippen LogP contribution in [-0.2, 0) is 28.4 Å². The van der Waals surface area contributed by atoms with E-state index in [1.54, 1.807) is 17.0 Å². The number of carbonyl (C=O) groups excluding carboxylic acids is 1. The SMILES string of the molecule is O=C(CO[C@H]1CC[C@H](Nc2ccc([N+](=O)[O-])c(C(F)(F)F)c2)CC1)N1CCN(Cc2ccc3c(C(F)(F)F)cccc3n2)CC1. The Morgan fingerprint density at radius 2 is 1.62 bits per heavy atom. The van der Waals surface area contributed by atoms with E-state index in [2.05, 4.69) is 15.2 Å². The van der Waals surface area contributed by atoms with Crippen LogP contribution in [0.5, 0.6) is 0 Å². The summed E-state index contributed by atoms with van der Waals surface area (Å²) in [7, 11) is 0. The van der Waals surface area contributed by atoms with E-state index in [1.165, 1.54) is 18.2 Å². The van der Waals surface area contributed by atoms with Crippen LogP contribution in [0, 0.1) is 10.1 Å². The van der Waals surface area contributed by atoms with Gasteiger partial charge in [0.25, 0.3) is 5.69 Å². The third-order valence-corrected chi connectivity index (χ3v) is 8.19. The average Bonchev–Trinajstić information content (AvgIpc) is 2.99. The van der Waals surface area contributed by atoms with Gasteiger partial charge in [-0.3, -0.25) is 24.8 Å². The molecule has 1 aliphatic carbocycles. The van der Waals surface area contributed by atoms with Crippen molar-refractivity contribution in [2.24, 2.45) is 0 Å². The number of pyridine rings is 1. The molecule has 1 saturated heterocycles. The molecule has 1 N–H and O–H groups in total. The van der Waals surface area contributed by atoms with E-state index in [-0.39, 0.29) is 41.3 Å². The standard InChI is InChI=1S/C30H31F6N5O4/c31-29(32,33)24-2-1-3-26-23(24)10-6-21(38-26)17-39-12-14-40(15-13-39)28(42)18-45-22-8-4-19(5-9-22)37-20-7-11-27(41(43)44)25(16-20)30(34,35)36/h1-3,6-7,10-11,16,19,22,37H,4-5,8-9,12-15,17-18H2/t19-,22-. The summed E-state index contributed by atoms with van der Waals surface area (Å²) in [6.45, 7) is 2.44. The molecule has 0 atom stereocenters. The maximum absolute atomic E-state index is 13.3. The summed E-state index contributed by atoms with van der Waals surface area (Å²) in [5, 5.41) is 14.1. The average molecular weight is 640 g/mol. The Kier molecular flexibility index (Phi) is 9.49. The lowest BCUT2D eigenvalue weighted by molar-refractivity contribution is -0.388. The fraction of sp³-hybridized carbons (Fsp3) is 0.467. The first-order valence-electron chi connectivity index (χ1n) is 14.5. The highest BCUT2D eigenvalue weighted by atomic mass is 19.4. The number of nitrogens with zero attached hydrogens (tertiary/aromatic N) is 4. The Morgan fingerprint density at radius 1 is 0.933 bits per heavy atom. The Balaban J connectivity index is 1.04. The van der Waals surface area contributed by atoms with Gasteiger partial charge in [0.15, 0.2) is 0 Å². The van der Waals surface area contributed by atoms with Crippen LogP contribution in [0.3, 0.4) is 0 Å². The number of halogens is 6. The topological polar surface area (TPSA) is 101 Å². The van der Waals surface area contributed by atoms with E-state index >= 15 is 0 Å². The van der Waals surface area contributed by atoms with Crippen LogP contribution in [0.15, 0.2) is 48.5 Å². The van der Waals surface area contributed by atoms with Gasteiger partial charge in [-0.05, 0) is 56.0 Å². The van der Waals surface area contributed by atoms with E-state index in [0.29, 0.717) is 64.1 Å². The van der Waals surface area contributed by atoms with Crippen LogP contribution in [0.2, 0.25) is 0 Å².